The summed E-state index contributed by atoms with van der Waals surface area (Å²) in [7, 11) is 8.34. The van der Waals surface area contributed by atoms with Crippen LogP contribution in [0.3, 0.4) is 0 Å². The lowest BCUT2D eigenvalue weighted by atomic mass is 9.74. The van der Waals surface area contributed by atoms with Gasteiger partial charge in [-0.3, -0.25) is 63.3 Å². The minimum absolute atomic E-state index is 0.000918. The highest BCUT2D eigenvalue weighted by Crippen LogP contribution is 2.53. The van der Waals surface area contributed by atoms with E-state index in [0.717, 1.165) is 154 Å². The fraction of sp³-hybridized carbons (Fsp3) is 0.456. The number of nitrogens with zero attached hydrogens (tertiary/aromatic N) is 17. The molecule has 8 aromatic rings. The van der Waals surface area contributed by atoms with Crippen LogP contribution >= 0.6 is 73.4 Å². The molecule has 35 heteroatoms. The van der Waals surface area contributed by atoms with Crippen molar-refractivity contribution in [3.63, 3.8) is 0 Å². The van der Waals surface area contributed by atoms with E-state index in [0.29, 0.717) is 74.1 Å². The first-order valence-electron chi connectivity index (χ1n) is 47.1. The SMILES string of the molecule is CN1C(=O)C(C/C=C/c2cccc(C#N)c2)[C@@](C)(c2cc(-c3cccc(C#N)c3)cs2)N=C1N.CN1C(=O)C(c2ccc(C3(C#N)CC3)cc2)[C@@](C)(c2sc(Br)cc2Cl)N=C1N.CN1C(=O)C[C@@](C)(c2cc(-c3cc(Cl)cc(Cl)c3)ccn2)N=C1N.CN1C(=O)[C@@](C)(C[C@H]2CCC[C@@H](Nc3cnccn3)C2)N=C1N.CN1C(=O)[C@@](CCC2CCCCC2)(C[C@H]2CCC[C@@H](N3CC[C@@H](O)C3)C2)N=C1N. The molecule has 0 bridgehead atoms. The van der Waals surface area contributed by atoms with Crippen molar-refractivity contribution in [2.45, 2.75) is 226 Å². The van der Waals surface area contributed by atoms with Crippen molar-refractivity contribution in [1.29, 1.82) is 15.8 Å². The Hall–Kier alpha value is -11.5. The van der Waals surface area contributed by atoms with Gasteiger partial charge >= 0.3 is 0 Å². The monoisotopic (exact) mass is 2020 g/mol. The highest BCUT2D eigenvalue weighted by atomic mass is 79.9. The molecule has 18 rings (SSSR count). The number of benzene rings is 4. The van der Waals surface area contributed by atoms with Gasteiger partial charge in [0.2, 0.25) is 17.7 Å². The molecule has 29 nitrogen and oxygen atoms in total. The normalized spacial score (nSPS) is 26.9. The number of amides is 5. The minimum atomic E-state index is -0.921. The number of aliphatic hydroxyl groups excluding tert-OH is 1. The van der Waals surface area contributed by atoms with Crippen LogP contribution in [0.5, 0.6) is 0 Å². The smallest absolute Gasteiger partial charge is 0.257 e. The Morgan fingerprint density at radius 1 is 0.601 bits per heavy atom. The highest BCUT2D eigenvalue weighted by Gasteiger charge is 2.53. The van der Waals surface area contributed by atoms with Gasteiger partial charge in [0.25, 0.3) is 11.8 Å². The molecule has 4 aromatic carbocycles. The number of anilines is 1. The Morgan fingerprint density at radius 2 is 1.24 bits per heavy atom. The average molecular weight is 2030 g/mol. The van der Waals surface area contributed by atoms with Crippen molar-refractivity contribution in [3.05, 3.63) is 214 Å². The molecular weight excluding hydrogens is 1910 g/mol. The van der Waals surface area contributed by atoms with Crippen molar-refractivity contribution >= 4 is 145 Å². The first kappa shape index (κ1) is 102. The number of nitriles is 3. The van der Waals surface area contributed by atoms with Crippen LogP contribution < -0.4 is 34.0 Å². The molecule has 5 amide bonds. The average Bonchev–Trinajstić information content (AvgIpc) is 1.49. The molecular formula is C103H121BrCl3N23O6S2. The molecule has 10 heterocycles. The first-order valence-corrected chi connectivity index (χ1v) is 50.7. The third-order valence-corrected chi connectivity index (χ3v) is 32.8. The molecule has 10 aliphatic rings. The molecule has 4 aliphatic carbocycles. The summed E-state index contributed by atoms with van der Waals surface area (Å²) in [5.74, 6) is 2.57. The number of nitrogens with one attached hydrogen (secondary N) is 1. The zero-order valence-corrected chi connectivity index (χ0v) is 84.9. The number of likely N-dealkylation sites (N-methyl/N-ethyl adjacent to an activating group) is 3. The van der Waals surface area contributed by atoms with Crippen molar-refractivity contribution < 1.29 is 29.1 Å². The van der Waals surface area contributed by atoms with Gasteiger partial charge in [-0.15, -0.1) is 22.7 Å². The second-order valence-corrected chi connectivity index (χ2v) is 43.4. The lowest BCUT2D eigenvalue weighted by molar-refractivity contribution is -0.134. The zero-order valence-electron chi connectivity index (χ0n) is 79.4. The van der Waals surface area contributed by atoms with Gasteiger partial charge in [-0.1, -0.05) is 153 Å². The summed E-state index contributed by atoms with van der Waals surface area (Å²) in [6.45, 7) is 9.41. The number of carbonyl (C=O) groups is 5. The maximum Gasteiger partial charge on any atom is 0.257 e. The van der Waals surface area contributed by atoms with Crippen LogP contribution in [0.2, 0.25) is 15.1 Å². The molecule has 5 fully saturated rings. The summed E-state index contributed by atoms with van der Waals surface area (Å²) >= 11 is 25.1. The molecule has 4 aromatic heterocycles. The summed E-state index contributed by atoms with van der Waals surface area (Å²) in [5.41, 5.74) is 34.0. The van der Waals surface area contributed by atoms with E-state index in [1.165, 1.54) is 93.6 Å². The largest absolute Gasteiger partial charge is 0.392 e. The maximum atomic E-state index is 13.3. The van der Waals surface area contributed by atoms with Crippen LogP contribution in [-0.2, 0) is 46.0 Å². The van der Waals surface area contributed by atoms with Crippen LogP contribution in [0.4, 0.5) is 5.82 Å². The van der Waals surface area contributed by atoms with Crippen LogP contribution in [0, 0.1) is 57.7 Å². The number of rotatable bonds is 20. The van der Waals surface area contributed by atoms with Gasteiger partial charge in [0.1, 0.15) is 33.5 Å². The third-order valence-electron chi connectivity index (χ3n) is 28.9. The lowest BCUT2D eigenvalue weighted by Gasteiger charge is -2.40. The van der Waals surface area contributed by atoms with Crippen LogP contribution in [-0.4, -0.2) is 186 Å². The van der Waals surface area contributed by atoms with E-state index >= 15 is 0 Å². The molecule has 12 atom stereocenters. The van der Waals surface area contributed by atoms with E-state index in [4.69, 9.17) is 83.7 Å². The summed E-state index contributed by atoms with van der Waals surface area (Å²) in [6.07, 6.45) is 33.2. The van der Waals surface area contributed by atoms with Crippen LogP contribution in [0.1, 0.15) is 218 Å². The fourth-order valence-corrected chi connectivity index (χ4v) is 24.6. The van der Waals surface area contributed by atoms with Gasteiger partial charge in [0, 0.05) is 93.9 Å². The number of carbonyl (C=O) groups excluding carboxylic acids is 5. The number of pyridine rings is 1. The van der Waals surface area contributed by atoms with Gasteiger partial charge in [0.05, 0.1) is 84.7 Å². The molecule has 4 saturated carbocycles. The molecule has 0 spiro atoms. The number of guanidine groups is 5. The summed E-state index contributed by atoms with van der Waals surface area (Å²) in [5, 5.41) is 44.8. The van der Waals surface area contributed by atoms with Crippen LogP contribution in [0.15, 0.2) is 180 Å². The summed E-state index contributed by atoms with van der Waals surface area (Å²) < 4.78 is 0.868. The Balaban J connectivity index is 0.000000139. The van der Waals surface area contributed by atoms with Crippen molar-refractivity contribution in [2.75, 3.05) is 53.6 Å². The third kappa shape index (κ3) is 23.1. The zero-order chi connectivity index (χ0) is 98.9. The number of aliphatic imine (C=N–C) groups is 5. The number of aromatic nitrogens is 3. The van der Waals surface area contributed by atoms with Gasteiger partial charge in [-0.2, -0.15) is 15.8 Å². The number of hydrogen-bond donors (Lipinski definition) is 7. The maximum absolute atomic E-state index is 13.3. The Labute approximate surface area is 839 Å². The van der Waals surface area contributed by atoms with Gasteiger partial charge in [-0.25, -0.2) is 29.9 Å². The predicted octanol–water partition coefficient (Wildman–Crippen LogP) is 17.1. The van der Waals surface area contributed by atoms with E-state index in [9.17, 15) is 39.6 Å². The summed E-state index contributed by atoms with van der Waals surface area (Å²) in [4.78, 5) is 112. The van der Waals surface area contributed by atoms with E-state index in [-0.39, 0.29) is 65.4 Å². The van der Waals surface area contributed by atoms with Crippen molar-refractivity contribution in [1.82, 2.24) is 44.4 Å². The number of nitrogens with two attached hydrogens (primary N) is 5. The summed E-state index contributed by atoms with van der Waals surface area (Å²) in [6, 6.07) is 43.1. The molecule has 724 valence electrons. The number of aliphatic hydroxyl groups is 1. The predicted molar refractivity (Wildman–Crippen MR) is 549 cm³/mol. The van der Waals surface area contributed by atoms with Gasteiger partial charge < -0.3 is 39.1 Å². The number of halogens is 4. The van der Waals surface area contributed by atoms with Crippen molar-refractivity contribution in [3.8, 4) is 40.5 Å². The fourth-order valence-electron chi connectivity index (χ4n) is 20.8. The quantitative estimate of drug-likeness (QED) is 0.0372. The Morgan fingerprint density at radius 3 is 1.86 bits per heavy atom. The molecule has 6 aliphatic heterocycles. The lowest BCUT2D eigenvalue weighted by Crippen LogP contribution is -2.53. The topological polar surface area (TPSA) is 439 Å². The number of thiophene rings is 2. The molecule has 0 radical (unpaired) electrons. The van der Waals surface area contributed by atoms with E-state index in [2.05, 4.69) is 69.3 Å². The second-order valence-electron chi connectivity index (χ2n) is 38.8. The van der Waals surface area contributed by atoms with Crippen LogP contribution in [0.25, 0.3) is 28.3 Å². The molecule has 138 heavy (non-hydrogen) atoms. The first-order chi connectivity index (χ1) is 65.8. The standard InChI is InChI=1S/C27H23N5OS.C23H40N4O2.C20H18BrClN4OS.C17H16Cl2N4O.C16H24N6O/c1-27(24-14-22(17-34-24)21-10-4-9-20(13-21)16-29)23(25(33)32(2)26(30)31-27)11-5-7-18-6-3-8-19(12-18)15-28;1-26-21(29)23(25-22(26)24,12-10-17-6-3-2-4-7-17)15-18-8-5-9-19(14-18)27-13-11-20(28)16-27;1-19(16-13(22)9-14(21)28-16)15(17(27)26(2)18(24)25-19)11-3-5-12(6-4-11)20(10-23)7-8-20;1-17(9-15(24)23(2)16(20)22-17)14-7-10(3-4-21-14)11-5-12(18)8-13(19)6-11;1-16(14(23)22(2)15(17)21-16)9-11-4-3-5-12(8-11)20-13-10-18-6-7-19-13/h3-10,12-14,17,23H,11H2,1-2H3,(H2,30,31);17-20,28H,2-16H2,1H3,(H2,24,25);3-6,9,15H,7-8H2,1-2H3,(H2,24,25);3-8H,9H2,1-2H3,(H2,20,22);6-7,10-12H,3-5,8-9H2,1-2H3,(H2,17,21)(H,19,20)/b7-5+;;;;/t23?,27-;18-,19+,20+,23+;15?,19-;17-;11-,12+,16+/m00000/s1. The van der Waals surface area contributed by atoms with Gasteiger partial charge in [-0.05, 0) is 249 Å². The van der Waals surface area contributed by atoms with Crippen molar-refractivity contribution in [2.24, 2.45) is 77.3 Å². The van der Waals surface area contributed by atoms with E-state index < -0.39 is 39.5 Å². The molecule has 2 unspecified atom stereocenters. The van der Waals surface area contributed by atoms with E-state index in [1.54, 1.807) is 83.1 Å². The number of hydrogen-bond acceptors (Lipinski definition) is 26. The van der Waals surface area contributed by atoms with E-state index in [1.807, 2.05) is 142 Å². The number of likely N-dealkylation sites (tertiary alicyclic amines) is 1. The Kier molecular flexibility index (Phi) is 32.3. The minimum Gasteiger partial charge on any atom is -0.392 e. The second kappa shape index (κ2) is 43.5. The number of allylic oxidation sites excluding steroid dienone is 1. The molecule has 1 saturated heterocycles. The molecule has 12 N–H and O–H groups in total. The Bertz CT molecular complexity index is 6160. The number of β-amino-alcohol motifs (C(OH)–C–C–N with tert-alkyl or cyclic N) is 1. The van der Waals surface area contributed by atoms with Gasteiger partial charge in [0.15, 0.2) is 29.8 Å². The highest BCUT2D eigenvalue weighted by molar-refractivity contribution is 9.11.